The first-order valence-electron chi connectivity index (χ1n) is 5.43. The molecule has 0 saturated carbocycles. The predicted molar refractivity (Wildman–Crippen MR) is 71.1 cm³/mol. The van der Waals surface area contributed by atoms with Gasteiger partial charge in [-0.1, -0.05) is 30.3 Å². The third-order valence-corrected chi connectivity index (χ3v) is 2.34. The summed E-state index contributed by atoms with van der Waals surface area (Å²) >= 11 is 0. The molecular weight excluding hydrogens is 228 g/mol. The molecule has 0 amide bonds. The van der Waals surface area contributed by atoms with Crippen LogP contribution in [0.1, 0.15) is 15.9 Å². The highest BCUT2D eigenvalue weighted by molar-refractivity contribution is 5.89. The van der Waals surface area contributed by atoms with Crippen molar-refractivity contribution in [2.45, 2.75) is 0 Å². The Labute approximate surface area is 105 Å². The van der Waals surface area contributed by atoms with Crippen LogP contribution < -0.4 is 5.43 Å². The van der Waals surface area contributed by atoms with Gasteiger partial charge in [0.1, 0.15) is 0 Å². The number of para-hydroxylation sites is 1. The van der Waals surface area contributed by atoms with Crippen LogP contribution in [0.2, 0.25) is 0 Å². The average molecular weight is 240 g/mol. The minimum Gasteiger partial charge on any atom is -0.478 e. The lowest BCUT2D eigenvalue weighted by atomic mass is 10.1. The van der Waals surface area contributed by atoms with Crippen molar-refractivity contribution in [3.8, 4) is 0 Å². The summed E-state index contributed by atoms with van der Waals surface area (Å²) in [6, 6.07) is 16.1. The van der Waals surface area contributed by atoms with E-state index in [0.717, 1.165) is 11.3 Å². The molecule has 0 bridgehead atoms. The summed E-state index contributed by atoms with van der Waals surface area (Å²) < 4.78 is 0. The van der Waals surface area contributed by atoms with Gasteiger partial charge in [0, 0.05) is 0 Å². The van der Waals surface area contributed by atoms with E-state index in [2.05, 4.69) is 10.5 Å². The van der Waals surface area contributed by atoms with Crippen molar-refractivity contribution in [2.24, 2.45) is 5.10 Å². The minimum atomic E-state index is -0.930. The number of carboxylic acid groups (broad SMARTS) is 1. The number of carbonyl (C=O) groups is 1. The van der Waals surface area contributed by atoms with Crippen LogP contribution in [0.25, 0.3) is 0 Å². The molecule has 0 aromatic heterocycles. The third kappa shape index (κ3) is 3.18. The number of aromatic carboxylic acids is 1. The molecule has 2 aromatic carbocycles. The van der Waals surface area contributed by atoms with Gasteiger partial charge in [0.15, 0.2) is 0 Å². The molecule has 0 aliphatic carbocycles. The summed E-state index contributed by atoms with van der Waals surface area (Å²) in [5, 5.41) is 12.8. The second kappa shape index (κ2) is 5.63. The maximum absolute atomic E-state index is 10.7. The number of anilines is 1. The fourth-order valence-corrected chi connectivity index (χ4v) is 1.41. The fraction of sp³-hybridized carbons (Fsp3) is 0. The molecule has 0 saturated heterocycles. The van der Waals surface area contributed by atoms with Crippen LogP contribution in [0, 0.1) is 0 Å². The smallest absolute Gasteiger partial charge is 0.335 e. The van der Waals surface area contributed by atoms with Crippen LogP contribution in [0.5, 0.6) is 0 Å². The van der Waals surface area contributed by atoms with Gasteiger partial charge < -0.3 is 5.11 Å². The molecule has 0 heterocycles. The van der Waals surface area contributed by atoms with Crippen LogP contribution >= 0.6 is 0 Å². The maximum atomic E-state index is 10.7. The number of rotatable bonds is 4. The summed E-state index contributed by atoms with van der Waals surface area (Å²) in [5.41, 5.74) is 4.89. The Kier molecular flexibility index (Phi) is 3.71. The lowest BCUT2D eigenvalue weighted by Crippen LogP contribution is -1.96. The van der Waals surface area contributed by atoms with Crippen LogP contribution in [0.4, 0.5) is 5.69 Å². The number of nitrogens with one attached hydrogen (secondary N) is 1. The highest BCUT2D eigenvalue weighted by Gasteiger charge is 1.99. The van der Waals surface area contributed by atoms with Crippen LogP contribution in [-0.2, 0) is 0 Å². The summed E-state index contributed by atoms with van der Waals surface area (Å²) in [6.07, 6.45) is 1.64. The zero-order chi connectivity index (χ0) is 12.8. The summed E-state index contributed by atoms with van der Waals surface area (Å²) in [7, 11) is 0. The van der Waals surface area contributed by atoms with Crippen LogP contribution in [0.3, 0.4) is 0 Å². The molecule has 90 valence electrons. The molecule has 18 heavy (non-hydrogen) atoms. The summed E-state index contributed by atoms with van der Waals surface area (Å²) in [5.74, 6) is -0.930. The van der Waals surface area contributed by atoms with E-state index in [-0.39, 0.29) is 5.56 Å². The number of hydrogen-bond donors (Lipinski definition) is 2. The molecule has 4 heteroatoms. The monoisotopic (exact) mass is 240 g/mol. The molecule has 0 aliphatic rings. The Balaban J connectivity index is 1.99. The standard InChI is InChI=1S/C14H12N2O2/c17-14(18)12-8-6-11(7-9-12)10-15-16-13-4-2-1-3-5-13/h1-10,16H,(H,17,18)/b15-10-. The van der Waals surface area contributed by atoms with Gasteiger partial charge in [-0.05, 0) is 29.8 Å². The first-order chi connectivity index (χ1) is 8.75. The molecule has 0 fully saturated rings. The quantitative estimate of drug-likeness (QED) is 0.638. The van der Waals surface area contributed by atoms with E-state index >= 15 is 0 Å². The Hall–Kier alpha value is -2.62. The van der Waals surface area contributed by atoms with Crippen molar-refractivity contribution in [1.82, 2.24) is 0 Å². The predicted octanol–water partition coefficient (Wildman–Crippen LogP) is 2.83. The zero-order valence-corrected chi connectivity index (χ0v) is 9.58. The minimum absolute atomic E-state index is 0.267. The highest BCUT2D eigenvalue weighted by Crippen LogP contribution is 2.05. The van der Waals surface area contributed by atoms with Crippen molar-refractivity contribution in [2.75, 3.05) is 5.43 Å². The fourth-order valence-electron chi connectivity index (χ4n) is 1.41. The molecule has 0 unspecified atom stereocenters. The highest BCUT2D eigenvalue weighted by atomic mass is 16.4. The summed E-state index contributed by atoms with van der Waals surface area (Å²) in [6.45, 7) is 0. The molecule has 2 N–H and O–H groups in total. The zero-order valence-electron chi connectivity index (χ0n) is 9.58. The van der Waals surface area contributed by atoms with E-state index in [1.165, 1.54) is 0 Å². The molecule has 2 aromatic rings. The van der Waals surface area contributed by atoms with Gasteiger partial charge in [-0.25, -0.2) is 4.79 Å². The molecule has 0 atom stereocenters. The van der Waals surface area contributed by atoms with E-state index in [4.69, 9.17) is 5.11 Å². The van der Waals surface area contributed by atoms with Gasteiger partial charge in [0.25, 0.3) is 0 Å². The number of hydrazone groups is 1. The van der Waals surface area contributed by atoms with Crippen molar-refractivity contribution in [1.29, 1.82) is 0 Å². The Bertz CT molecular complexity index is 548. The maximum Gasteiger partial charge on any atom is 0.335 e. The van der Waals surface area contributed by atoms with E-state index in [1.54, 1.807) is 30.5 Å². The van der Waals surface area contributed by atoms with E-state index in [1.807, 2.05) is 30.3 Å². The molecule has 0 aliphatic heterocycles. The first-order valence-corrected chi connectivity index (χ1v) is 5.43. The number of hydrogen-bond acceptors (Lipinski definition) is 3. The van der Waals surface area contributed by atoms with Crippen molar-refractivity contribution in [3.63, 3.8) is 0 Å². The molecular formula is C14H12N2O2. The van der Waals surface area contributed by atoms with Gasteiger partial charge in [-0.2, -0.15) is 5.10 Å². The Morgan fingerprint density at radius 3 is 2.33 bits per heavy atom. The SMILES string of the molecule is O=C(O)c1ccc(/C=N\Nc2ccccc2)cc1. The average Bonchev–Trinajstić information content (AvgIpc) is 2.40. The molecule has 0 radical (unpaired) electrons. The van der Waals surface area contributed by atoms with Gasteiger partial charge in [0.05, 0.1) is 17.5 Å². The Morgan fingerprint density at radius 2 is 1.72 bits per heavy atom. The van der Waals surface area contributed by atoms with Crippen LogP contribution in [-0.4, -0.2) is 17.3 Å². The largest absolute Gasteiger partial charge is 0.478 e. The van der Waals surface area contributed by atoms with Gasteiger partial charge in [0.2, 0.25) is 0 Å². The number of carboxylic acids is 1. The van der Waals surface area contributed by atoms with Gasteiger partial charge in [-0.3, -0.25) is 5.43 Å². The molecule has 2 rings (SSSR count). The van der Waals surface area contributed by atoms with Gasteiger partial charge in [-0.15, -0.1) is 0 Å². The normalized spacial score (nSPS) is 10.4. The lowest BCUT2D eigenvalue weighted by Gasteiger charge is -1.99. The Morgan fingerprint density at radius 1 is 1.06 bits per heavy atom. The second-order valence-electron chi connectivity index (χ2n) is 3.66. The van der Waals surface area contributed by atoms with Crippen molar-refractivity contribution >= 4 is 17.9 Å². The number of nitrogens with zero attached hydrogens (tertiary/aromatic N) is 1. The number of benzene rings is 2. The molecule has 0 spiro atoms. The summed E-state index contributed by atoms with van der Waals surface area (Å²) in [4.78, 5) is 10.7. The van der Waals surface area contributed by atoms with E-state index in [0.29, 0.717) is 0 Å². The third-order valence-electron chi connectivity index (χ3n) is 2.34. The van der Waals surface area contributed by atoms with Gasteiger partial charge >= 0.3 is 5.97 Å². The topological polar surface area (TPSA) is 61.7 Å². The second-order valence-corrected chi connectivity index (χ2v) is 3.66. The lowest BCUT2D eigenvalue weighted by molar-refractivity contribution is 0.0697. The van der Waals surface area contributed by atoms with E-state index < -0.39 is 5.97 Å². The van der Waals surface area contributed by atoms with E-state index in [9.17, 15) is 4.79 Å². The first kappa shape index (κ1) is 11.9. The van der Waals surface area contributed by atoms with Crippen molar-refractivity contribution in [3.05, 3.63) is 65.7 Å². The van der Waals surface area contributed by atoms with Crippen LogP contribution in [0.15, 0.2) is 59.7 Å². The van der Waals surface area contributed by atoms with Crippen molar-refractivity contribution < 1.29 is 9.90 Å². The molecule has 4 nitrogen and oxygen atoms in total.